The number of aromatic amines is 1. The van der Waals surface area contributed by atoms with Gasteiger partial charge >= 0.3 is 0 Å². The van der Waals surface area contributed by atoms with Gasteiger partial charge in [0, 0.05) is 31.5 Å². The van der Waals surface area contributed by atoms with Crippen molar-refractivity contribution in [2.24, 2.45) is 0 Å². The smallest absolute Gasteiger partial charge is 0.120 e. The van der Waals surface area contributed by atoms with E-state index >= 15 is 0 Å². The van der Waals surface area contributed by atoms with Crippen LogP contribution in [-0.2, 0) is 6.54 Å². The summed E-state index contributed by atoms with van der Waals surface area (Å²) in [6, 6.07) is 0.774. The van der Waals surface area contributed by atoms with Crippen LogP contribution in [0.4, 0.5) is 0 Å². The molecule has 1 atom stereocenters. The van der Waals surface area contributed by atoms with Crippen molar-refractivity contribution in [2.75, 3.05) is 19.6 Å². The van der Waals surface area contributed by atoms with E-state index in [2.05, 4.69) is 27.1 Å². The third-order valence-electron chi connectivity index (χ3n) is 3.11. The molecule has 0 spiro atoms. The molecule has 2 rings (SSSR count). The van der Waals surface area contributed by atoms with E-state index in [1.807, 2.05) is 6.20 Å². The monoisotopic (exact) mass is 208 g/mol. The number of rotatable bonds is 5. The van der Waals surface area contributed by atoms with Crippen LogP contribution in [0, 0.1) is 0 Å². The van der Waals surface area contributed by atoms with Gasteiger partial charge in [0.2, 0.25) is 0 Å². The van der Waals surface area contributed by atoms with Crippen molar-refractivity contribution >= 4 is 0 Å². The van der Waals surface area contributed by atoms with Crippen LogP contribution in [0.1, 0.15) is 25.6 Å². The van der Waals surface area contributed by atoms with Gasteiger partial charge in [-0.3, -0.25) is 4.90 Å². The highest BCUT2D eigenvalue weighted by Gasteiger charge is 2.18. The van der Waals surface area contributed by atoms with Crippen LogP contribution < -0.4 is 5.32 Å². The summed E-state index contributed by atoms with van der Waals surface area (Å²) in [6.45, 7) is 6.63. The fourth-order valence-corrected chi connectivity index (χ4v) is 2.15. The Hall–Kier alpha value is -0.870. The van der Waals surface area contributed by atoms with Crippen LogP contribution >= 0.6 is 0 Å². The Morgan fingerprint density at radius 3 is 3.27 bits per heavy atom. The first kappa shape index (κ1) is 10.6. The first-order valence-electron chi connectivity index (χ1n) is 5.79. The van der Waals surface area contributed by atoms with Crippen molar-refractivity contribution in [3.05, 3.63) is 18.2 Å². The average Bonchev–Trinajstić information content (AvgIpc) is 2.85. The molecule has 1 fully saturated rings. The highest BCUT2D eigenvalue weighted by atomic mass is 15.2. The Balaban J connectivity index is 1.59. The molecule has 4 heteroatoms. The number of H-pyrrole nitrogens is 1. The minimum absolute atomic E-state index is 0.774. The first-order chi connectivity index (χ1) is 7.36. The predicted molar refractivity (Wildman–Crippen MR) is 60.6 cm³/mol. The van der Waals surface area contributed by atoms with E-state index in [-0.39, 0.29) is 0 Å². The number of imidazole rings is 1. The second kappa shape index (κ2) is 5.28. The van der Waals surface area contributed by atoms with Crippen molar-refractivity contribution in [1.29, 1.82) is 0 Å². The van der Waals surface area contributed by atoms with Crippen LogP contribution in [0.25, 0.3) is 0 Å². The van der Waals surface area contributed by atoms with E-state index in [9.17, 15) is 0 Å². The van der Waals surface area contributed by atoms with E-state index < -0.39 is 0 Å². The Kier molecular flexibility index (Phi) is 3.75. The molecule has 15 heavy (non-hydrogen) atoms. The summed E-state index contributed by atoms with van der Waals surface area (Å²) in [5.41, 5.74) is 0. The Morgan fingerprint density at radius 1 is 1.67 bits per heavy atom. The molecule has 0 radical (unpaired) electrons. The average molecular weight is 208 g/mol. The summed E-state index contributed by atoms with van der Waals surface area (Å²) in [6.07, 6.45) is 6.37. The van der Waals surface area contributed by atoms with Crippen LogP contribution in [0.3, 0.4) is 0 Å². The molecule has 2 heterocycles. The first-order valence-corrected chi connectivity index (χ1v) is 5.79. The van der Waals surface area contributed by atoms with Gasteiger partial charge in [0.1, 0.15) is 5.82 Å². The zero-order valence-corrected chi connectivity index (χ0v) is 9.37. The van der Waals surface area contributed by atoms with E-state index in [1.165, 1.54) is 19.4 Å². The largest absolute Gasteiger partial charge is 0.348 e. The molecule has 2 N–H and O–H groups in total. The molecule has 0 amide bonds. The lowest BCUT2D eigenvalue weighted by Gasteiger charge is -2.20. The molecule has 0 aromatic carbocycles. The van der Waals surface area contributed by atoms with Crippen molar-refractivity contribution in [3.8, 4) is 0 Å². The van der Waals surface area contributed by atoms with Gasteiger partial charge in [0.15, 0.2) is 0 Å². The number of aromatic nitrogens is 2. The summed E-state index contributed by atoms with van der Waals surface area (Å²) < 4.78 is 0. The van der Waals surface area contributed by atoms with E-state index in [4.69, 9.17) is 0 Å². The second-order valence-corrected chi connectivity index (χ2v) is 4.24. The number of nitrogens with one attached hydrogen (secondary N) is 2. The van der Waals surface area contributed by atoms with Gasteiger partial charge in [-0.2, -0.15) is 0 Å². The summed E-state index contributed by atoms with van der Waals surface area (Å²) in [5.74, 6) is 1.02. The molecule has 0 bridgehead atoms. The third-order valence-corrected chi connectivity index (χ3v) is 3.11. The second-order valence-electron chi connectivity index (χ2n) is 4.24. The molecule has 1 unspecified atom stereocenters. The highest BCUT2D eigenvalue weighted by Crippen LogP contribution is 2.14. The van der Waals surface area contributed by atoms with Gasteiger partial charge in [-0.1, -0.05) is 0 Å². The fraction of sp³-hybridized carbons (Fsp3) is 0.727. The maximum absolute atomic E-state index is 4.17. The van der Waals surface area contributed by atoms with Crippen LogP contribution in [0.5, 0.6) is 0 Å². The molecular weight excluding hydrogens is 188 g/mol. The Bertz CT molecular complexity index is 270. The lowest BCUT2D eigenvalue weighted by atomic mass is 10.2. The molecule has 84 valence electrons. The van der Waals surface area contributed by atoms with Crippen molar-refractivity contribution in [2.45, 2.75) is 32.4 Å². The molecule has 1 aliphatic rings. The van der Waals surface area contributed by atoms with Crippen LogP contribution in [0.2, 0.25) is 0 Å². The van der Waals surface area contributed by atoms with Gasteiger partial charge in [-0.15, -0.1) is 0 Å². The quantitative estimate of drug-likeness (QED) is 0.709. The summed E-state index contributed by atoms with van der Waals surface area (Å²) in [4.78, 5) is 9.81. The van der Waals surface area contributed by atoms with Gasteiger partial charge in [-0.05, 0) is 26.3 Å². The zero-order valence-electron chi connectivity index (χ0n) is 9.37. The number of hydrogen-bond acceptors (Lipinski definition) is 3. The summed E-state index contributed by atoms with van der Waals surface area (Å²) in [5, 5.41) is 3.40. The number of likely N-dealkylation sites (tertiary alicyclic amines) is 1. The maximum Gasteiger partial charge on any atom is 0.120 e. The summed E-state index contributed by atoms with van der Waals surface area (Å²) in [7, 11) is 0. The van der Waals surface area contributed by atoms with Crippen molar-refractivity contribution in [3.63, 3.8) is 0 Å². The minimum Gasteiger partial charge on any atom is -0.348 e. The molecule has 1 saturated heterocycles. The molecule has 4 nitrogen and oxygen atoms in total. The molecule has 0 saturated carbocycles. The predicted octanol–water partition coefficient (Wildman–Crippen LogP) is 0.984. The SMILES string of the molecule is CC1CCCN1CCNCc1ncc[nH]1. The molecule has 0 aliphatic carbocycles. The van der Waals surface area contributed by atoms with E-state index in [1.54, 1.807) is 6.20 Å². The van der Waals surface area contributed by atoms with Gasteiger partial charge in [0.05, 0.1) is 6.54 Å². The maximum atomic E-state index is 4.17. The molecule has 1 aromatic rings. The normalized spacial score (nSPS) is 22.3. The standard InChI is InChI=1S/C11H20N4/c1-10-3-2-7-15(10)8-6-12-9-11-13-4-5-14-11/h4-5,10,12H,2-3,6-9H2,1H3,(H,13,14). The van der Waals surface area contributed by atoms with E-state index in [0.29, 0.717) is 0 Å². The van der Waals surface area contributed by atoms with Gasteiger partial charge < -0.3 is 10.3 Å². The van der Waals surface area contributed by atoms with Crippen molar-refractivity contribution < 1.29 is 0 Å². The fourth-order valence-electron chi connectivity index (χ4n) is 2.15. The molecule has 1 aliphatic heterocycles. The number of nitrogens with zero attached hydrogens (tertiary/aromatic N) is 2. The Morgan fingerprint density at radius 2 is 2.60 bits per heavy atom. The zero-order chi connectivity index (χ0) is 10.5. The van der Waals surface area contributed by atoms with E-state index in [0.717, 1.165) is 31.5 Å². The molecule has 1 aromatic heterocycles. The van der Waals surface area contributed by atoms with Crippen LogP contribution in [0.15, 0.2) is 12.4 Å². The topological polar surface area (TPSA) is 44.0 Å². The van der Waals surface area contributed by atoms with Crippen LogP contribution in [-0.4, -0.2) is 40.5 Å². The lowest BCUT2D eigenvalue weighted by molar-refractivity contribution is 0.268. The third kappa shape index (κ3) is 3.04. The summed E-state index contributed by atoms with van der Waals surface area (Å²) >= 11 is 0. The van der Waals surface area contributed by atoms with Gasteiger partial charge in [0.25, 0.3) is 0 Å². The molecular formula is C11H20N4. The lowest BCUT2D eigenvalue weighted by Crippen LogP contribution is -2.34. The minimum atomic E-state index is 0.774. The van der Waals surface area contributed by atoms with Gasteiger partial charge in [-0.25, -0.2) is 4.98 Å². The Labute approximate surface area is 91.1 Å². The van der Waals surface area contributed by atoms with Crippen molar-refractivity contribution in [1.82, 2.24) is 20.2 Å². The number of hydrogen-bond donors (Lipinski definition) is 2. The highest BCUT2D eigenvalue weighted by molar-refractivity contribution is 4.86.